The number of carbonyl (C=O) groups is 1. The minimum absolute atomic E-state index is 0.0208. The van der Waals surface area contributed by atoms with Crippen LogP contribution < -0.4 is 4.74 Å². The number of carbonyl (C=O) groups excluding carboxylic acids is 1. The maximum absolute atomic E-state index is 14.6. The second-order valence-electron chi connectivity index (χ2n) is 8.90. The summed E-state index contributed by atoms with van der Waals surface area (Å²) in [6, 6.07) is 12.7. The van der Waals surface area contributed by atoms with Crippen LogP contribution in [0.1, 0.15) is 55.0 Å². The van der Waals surface area contributed by atoms with Gasteiger partial charge in [0.25, 0.3) is 5.91 Å². The third-order valence-corrected chi connectivity index (χ3v) is 6.80. The Kier molecular flexibility index (Phi) is 5.75. The second-order valence-corrected chi connectivity index (χ2v) is 8.90. The van der Waals surface area contributed by atoms with Gasteiger partial charge in [-0.2, -0.15) is 0 Å². The molecule has 2 aliphatic rings. The number of rotatable bonds is 4. The van der Waals surface area contributed by atoms with Crippen molar-refractivity contribution in [3.63, 3.8) is 0 Å². The van der Waals surface area contributed by atoms with E-state index in [9.17, 15) is 9.18 Å². The van der Waals surface area contributed by atoms with E-state index < -0.39 is 0 Å². The highest BCUT2D eigenvalue weighted by atomic mass is 19.1. The standard InChI is InChI=1S/C27H28FN3O2/c1-18-16-30(17-29-18)25-13-10-19(15-26(25)33-2)14-20-11-12-21-6-5-9-24(31(21)27(20)32)22-7-3-4-8-23(22)28/h3-4,7-8,10,13-17,21,24H,5-6,9,11-12H2,1-2H3/t21-,24?/m0/s1. The number of amides is 1. The van der Waals surface area contributed by atoms with Crippen molar-refractivity contribution in [3.8, 4) is 11.4 Å². The molecule has 2 fully saturated rings. The van der Waals surface area contributed by atoms with Crippen LogP contribution >= 0.6 is 0 Å². The first-order valence-electron chi connectivity index (χ1n) is 11.5. The third-order valence-electron chi connectivity index (χ3n) is 6.80. The van der Waals surface area contributed by atoms with Crippen molar-refractivity contribution < 1.29 is 13.9 Å². The van der Waals surface area contributed by atoms with Crippen LogP contribution in [0, 0.1) is 12.7 Å². The zero-order valence-corrected chi connectivity index (χ0v) is 19.0. The number of imidazole rings is 1. The van der Waals surface area contributed by atoms with Crippen LogP contribution in [0.2, 0.25) is 0 Å². The number of benzene rings is 2. The molecule has 0 radical (unpaired) electrons. The Balaban J connectivity index is 1.46. The lowest BCUT2D eigenvalue weighted by molar-refractivity contribution is -0.136. The lowest BCUT2D eigenvalue weighted by atomic mass is 9.83. The van der Waals surface area contributed by atoms with E-state index >= 15 is 0 Å². The van der Waals surface area contributed by atoms with Gasteiger partial charge in [0.2, 0.25) is 0 Å². The molecule has 5 rings (SSSR count). The van der Waals surface area contributed by atoms with Gasteiger partial charge in [-0.3, -0.25) is 4.79 Å². The fourth-order valence-corrected chi connectivity index (χ4v) is 5.20. The van der Waals surface area contributed by atoms with E-state index in [0.29, 0.717) is 11.3 Å². The summed E-state index contributed by atoms with van der Waals surface area (Å²) in [7, 11) is 1.64. The van der Waals surface area contributed by atoms with Crippen molar-refractivity contribution in [2.45, 2.75) is 51.1 Å². The van der Waals surface area contributed by atoms with Crippen LogP contribution in [0.3, 0.4) is 0 Å². The fourth-order valence-electron chi connectivity index (χ4n) is 5.20. The van der Waals surface area contributed by atoms with E-state index in [0.717, 1.165) is 54.6 Å². The maximum Gasteiger partial charge on any atom is 0.250 e. The van der Waals surface area contributed by atoms with Crippen LogP contribution in [-0.4, -0.2) is 33.5 Å². The number of hydrogen-bond donors (Lipinski definition) is 0. The monoisotopic (exact) mass is 445 g/mol. The number of piperidine rings is 2. The molecule has 0 spiro atoms. The summed E-state index contributed by atoms with van der Waals surface area (Å²) in [5.74, 6) is 0.500. The van der Waals surface area contributed by atoms with Gasteiger partial charge in [-0.1, -0.05) is 24.3 Å². The topological polar surface area (TPSA) is 47.4 Å². The van der Waals surface area contributed by atoms with Crippen LogP contribution in [0.5, 0.6) is 5.75 Å². The highest BCUT2D eigenvalue weighted by Crippen LogP contribution is 2.41. The van der Waals surface area contributed by atoms with Crippen LogP contribution in [0.15, 0.2) is 60.6 Å². The molecule has 0 saturated carbocycles. The van der Waals surface area contributed by atoms with E-state index in [1.54, 1.807) is 19.5 Å². The lowest BCUT2D eigenvalue weighted by Gasteiger charge is -2.46. The highest BCUT2D eigenvalue weighted by Gasteiger charge is 2.40. The molecule has 0 bridgehead atoms. The summed E-state index contributed by atoms with van der Waals surface area (Å²) in [6.45, 7) is 1.94. The molecule has 2 atom stereocenters. The number of methoxy groups -OCH3 is 1. The predicted octanol–water partition coefficient (Wildman–Crippen LogP) is 5.63. The molecule has 6 heteroatoms. The molecule has 2 aromatic carbocycles. The molecule has 5 nitrogen and oxygen atoms in total. The number of aryl methyl sites for hydroxylation is 1. The molecule has 2 saturated heterocycles. The molecular formula is C27H28FN3O2. The summed E-state index contributed by atoms with van der Waals surface area (Å²) in [4.78, 5) is 19.8. The first-order chi connectivity index (χ1) is 16.0. The van der Waals surface area contributed by atoms with Gasteiger partial charge in [-0.15, -0.1) is 0 Å². The molecule has 3 heterocycles. The number of halogens is 1. The number of nitrogens with zero attached hydrogens (tertiary/aromatic N) is 3. The van der Waals surface area contributed by atoms with E-state index in [1.165, 1.54) is 6.07 Å². The van der Waals surface area contributed by atoms with Crippen molar-refractivity contribution in [3.05, 3.63) is 83.2 Å². The molecule has 0 aliphatic carbocycles. The Morgan fingerprint density at radius 3 is 2.76 bits per heavy atom. The molecular weight excluding hydrogens is 417 g/mol. The average Bonchev–Trinajstić information content (AvgIpc) is 3.27. The van der Waals surface area contributed by atoms with Crippen molar-refractivity contribution >= 4 is 12.0 Å². The van der Waals surface area contributed by atoms with Crippen LogP contribution in [0.4, 0.5) is 4.39 Å². The normalized spacial score (nSPS) is 21.8. The number of fused-ring (bicyclic) bond motifs is 1. The quantitative estimate of drug-likeness (QED) is 0.489. The summed E-state index contributed by atoms with van der Waals surface area (Å²) < 4.78 is 22.1. The Labute approximate surface area is 193 Å². The van der Waals surface area contributed by atoms with E-state index in [1.807, 2.05) is 59.0 Å². The summed E-state index contributed by atoms with van der Waals surface area (Å²) in [5.41, 5.74) is 4.12. The van der Waals surface area contributed by atoms with Gasteiger partial charge in [0, 0.05) is 23.4 Å². The summed E-state index contributed by atoms with van der Waals surface area (Å²) >= 11 is 0. The van der Waals surface area contributed by atoms with Crippen molar-refractivity contribution in [2.75, 3.05) is 7.11 Å². The van der Waals surface area contributed by atoms with Crippen molar-refractivity contribution in [1.29, 1.82) is 0 Å². The van der Waals surface area contributed by atoms with Gasteiger partial charge in [-0.25, -0.2) is 9.37 Å². The summed E-state index contributed by atoms with van der Waals surface area (Å²) in [6.07, 6.45) is 10.1. The predicted molar refractivity (Wildman–Crippen MR) is 126 cm³/mol. The van der Waals surface area contributed by atoms with Crippen molar-refractivity contribution in [2.24, 2.45) is 0 Å². The molecule has 33 heavy (non-hydrogen) atoms. The van der Waals surface area contributed by atoms with E-state index in [2.05, 4.69) is 4.98 Å². The molecule has 170 valence electrons. The largest absolute Gasteiger partial charge is 0.495 e. The smallest absolute Gasteiger partial charge is 0.250 e. The Morgan fingerprint density at radius 2 is 2.00 bits per heavy atom. The lowest BCUT2D eigenvalue weighted by Crippen LogP contribution is -2.49. The van der Waals surface area contributed by atoms with Crippen LogP contribution in [0.25, 0.3) is 11.8 Å². The third kappa shape index (κ3) is 4.06. The molecule has 0 N–H and O–H groups in total. The van der Waals surface area contributed by atoms with Gasteiger partial charge in [0.15, 0.2) is 0 Å². The maximum atomic E-state index is 14.6. The fraction of sp³-hybridized carbons (Fsp3) is 0.333. The second kappa shape index (κ2) is 8.85. The number of hydrogen-bond acceptors (Lipinski definition) is 3. The van der Waals surface area contributed by atoms with Crippen molar-refractivity contribution in [1.82, 2.24) is 14.5 Å². The molecule has 3 aromatic rings. The summed E-state index contributed by atoms with van der Waals surface area (Å²) in [5, 5.41) is 0. The molecule has 1 aromatic heterocycles. The molecule has 2 aliphatic heterocycles. The minimum atomic E-state index is -0.234. The zero-order chi connectivity index (χ0) is 22.9. The van der Waals surface area contributed by atoms with Gasteiger partial charge in [-0.05, 0) is 68.9 Å². The van der Waals surface area contributed by atoms with Crippen LogP contribution in [-0.2, 0) is 4.79 Å². The highest BCUT2D eigenvalue weighted by molar-refractivity contribution is 5.99. The minimum Gasteiger partial charge on any atom is -0.495 e. The number of ether oxygens (including phenoxy) is 1. The Bertz CT molecular complexity index is 1220. The number of aromatic nitrogens is 2. The van der Waals surface area contributed by atoms with E-state index in [-0.39, 0.29) is 23.8 Å². The molecule has 1 amide bonds. The first-order valence-corrected chi connectivity index (χ1v) is 11.5. The zero-order valence-electron chi connectivity index (χ0n) is 19.0. The Hall–Kier alpha value is -3.41. The van der Waals surface area contributed by atoms with Gasteiger partial charge < -0.3 is 14.2 Å². The molecule has 1 unspecified atom stereocenters. The average molecular weight is 446 g/mol. The SMILES string of the molecule is COc1cc(C=C2CC[C@@H]3CCCC(c4ccccc4F)N3C2=O)ccc1-n1cnc(C)c1. The van der Waals surface area contributed by atoms with Gasteiger partial charge in [0.05, 0.1) is 30.9 Å². The van der Waals surface area contributed by atoms with E-state index in [4.69, 9.17) is 4.74 Å². The Morgan fingerprint density at radius 1 is 1.15 bits per heavy atom. The van der Waals surface area contributed by atoms with Gasteiger partial charge >= 0.3 is 0 Å². The van der Waals surface area contributed by atoms with Gasteiger partial charge in [0.1, 0.15) is 11.6 Å². The first kappa shape index (κ1) is 21.4.